The number of hydrogen-bond donors (Lipinski definition) is 0. The summed E-state index contributed by atoms with van der Waals surface area (Å²) in [5.74, 6) is 1.31. The third-order valence-corrected chi connectivity index (χ3v) is 4.97. The van der Waals surface area contributed by atoms with E-state index in [1.165, 1.54) is 11.3 Å². The minimum absolute atomic E-state index is 0.0184. The molecule has 1 saturated heterocycles. The number of fused-ring (bicyclic) bond motifs is 1. The molecule has 4 heterocycles. The average molecular weight is 316 g/mol. The first-order chi connectivity index (χ1) is 10.8. The van der Waals surface area contributed by atoms with Crippen molar-refractivity contribution in [1.82, 2.24) is 9.88 Å². The Labute approximate surface area is 132 Å². The van der Waals surface area contributed by atoms with Crippen molar-refractivity contribution in [2.75, 3.05) is 19.8 Å². The molecule has 6 heteroatoms. The Bertz CT molecular complexity index is 686. The fraction of sp³-hybridized carbons (Fsp3) is 0.375. The lowest BCUT2D eigenvalue weighted by Crippen LogP contribution is -2.31. The highest BCUT2D eigenvalue weighted by Crippen LogP contribution is 2.42. The Kier molecular flexibility index (Phi) is 3.46. The van der Waals surface area contributed by atoms with E-state index >= 15 is 0 Å². The molecule has 0 N–H and O–H groups in total. The Balaban J connectivity index is 1.63. The van der Waals surface area contributed by atoms with Crippen LogP contribution in [-0.4, -0.2) is 35.5 Å². The zero-order valence-electron chi connectivity index (χ0n) is 12.0. The van der Waals surface area contributed by atoms with Crippen LogP contribution in [0.15, 0.2) is 29.8 Å². The van der Waals surface area contributed by atoms with Gasteiger partial charge in [0.1, 0.15) is 18.1 Å². The topological polar surface area (TPSA) is 51.7 Å². The van der Waals surface area contributed by atoms with Crippen molar-refractivity contribution in [1.29, 1.82) is 0 Å². The first kappa shape index (κ1) is 13.6. The molecule has 2 aliphatic rings. The SMILES string of the molecule is O=C(c1scc2c1OCCO2)N1CCC[C@H]1c1ccccn1. The Morgan fingerprint density at radius 2 is 2.23 bits per heavy atom. The van der Waals surface area contributed by atoms with Crippen molar-refractivity contribution in [2.24, 2.45) is 0 Å². The summed E-state index contributed by atoms with van der Waals surface area (Å²) in [6.45, 7) is 1.79. The monoisotopic (exact) mass is 316 g/mol. The van der Waals surface area contributed by atoms with Gasteiger partial charge >= 0.3 is 0 Å². The molecular formula is C16H16N2O3S. The lowest BCUT2D eigenvalue weighted by molar-refractivity contribution is 0.0729. The molecule has 2 aliphatic heterocycles. The summed E-state index contributed by atoms with van der Waals surface area (Å²) >= 11 is 1.40. The van der Waals surface area contributed by atoms with Gasteiger partial charge < -0.3 is 14.4 Å². The molecule has 0 spiro atoms. The summed E-state index contributed by atoms with van der Waals surface area (Å²) in [6.07, 6.45) is 3.73. The second-order valence-electron chi connectivity index (χ2n) is 5.37. The molecule has 22 heavy (non-hydrogen) atoms. The minimum Gasteiger partial charge on any atom is -0.485 e. The van der Waals surface area contributed by atoms with E-state index in [0.29, 0.717) is 29.6 Å². The van der Waals surface area contributed by atoms with Gasteiger partial charge in [-0.2, -0.15) is 0 Å². The van der Waals surface area contributed by atoms with Gasteiger partial charge in [-0.1, -0.05) is 6.07 Å². The zero-order valence-corrected chi connectivity index (χ0v) is 12.8. The quantitative estimate of drug-likeness (QED) is 0.855. The zero-order chi connectivity index (χ0) is 14.9. The fourth-order valence-corrected chi connectivity index (χ4v) is 3.92. The van der Waals surface area contributed by atoms with Crippen molar-refractivity contribution in [3.05, 3.63) is 40.3 Å². The Morgan fingerprint density at radius 3 is 3.09 bits per heavy atom. The van der Waals surface area contributed by atoms with Gasteiger partial charge in [0.2, 0.25) is 0 Å². The van der Waals surface area contributed by atoms with E-state index in [9.17, 15) is 4.79 Å². The smallest absolute Gasteiger partial charge is 0.268 e. The van der Waals surface area contributed by atoms with Crippen LogP contribution in [0.25, 0.3) is 0 Å². The lowest BCUT2D eigenvalue weighted by atomic mass is 10.1. The molecule has 0 bridgehead atoms. The number of nitrogens with zero attached hydrogens (tertiary/aromatic N) is 2. The average Bonchev–Trinajstić information content (AvgIpc) is 3.22. The summed E-state index contributed by atoms with van der Waals surface area (Å²) < 4.78 is 11.2. The number of rotatable bonds is 2. The maximum Gasteiger partial charge on any atom is 0.268 e. The number of ether oxygens (including phenoxy) is 2. The molecule has 2 aromatic rings. The number of aromatic nitrogens is 1. The van der Waals surface area contributed by atoms with E-state index in [1.807, 2.05) is 28.5 Å². The van der Waals surface area contributed by atoms with Gasteiger partial charge in [-0.05, 0) is 25.0 Å². The molecule has 4 rings (SSSR count). The molecule has 5 nitrogen and oxygen atoms in total. The molecule has 0 aromatic carbocycles. The van der Waals surface area contributed by atoms with E-state index in [0.717, 1.165) is 25.1 Å². The van der Waals surface area contributed by atoms with Crippen molar-refractivity contribution in [3.63, 3.8) is 0 Å². The Morgan fingerprint density at radius 1 is 1.32 bits per heavy atom. The number of likely N-dealkylation sites (tertiary alicyclic amines) is 1. The van der Waals surface area contributed by atoms with Crippen molar-refractivity contribution in [3.8, 4) is 11.5 Å². The van der Waals surface area contributed by atoms with E-state index < -0.39 is 0 Å². The third-order valence-electron chi connectivity index (χ3n) is 4.04. The molecule has 1 atom stereocenters. The van der Waals surface area contributed by atoms with Crippen LogP contribution in [0.4, 0.5) is 0 Å². The summed E-state index contributed by atoms with van der Waals surface area (Å²) in [4.78, 5) is 19.9. The second kappa shape index (κ2) is 5.61. The molecule has 0 radical (unpaired) electrons. The van der Waals surface area contributed by atoms with E-state index in [-0.39, 0.29) is 11.9 Å². The summed E-state index contributed by atoms with van der Waals surface area (Å²) in [5, 5.41) is 1.85. The normalized spacial score (nSPS) is 20.2. The molecule has 1 fully saturated rings. The molecule has 114 valence electrons. The van der Waals surface area contributed by atoms with E-state index in [1.54, 1.807) is 6.20 Å². The van der Waals surface area contributed by atoms with Gasteiger partial charge in [0.05, 0.1) is 11.7 Å². The van der Waals surface area contributed by atoms with Crippen molar-refractivity contribution in [2.45, 2.75) is 18.9 Å². The third kappa shape index (κ3) is 2.23. The van der Waals surface area contributed by atoms with Crippen LogP contribution in [0, 0.1) is 0 Å². The molecular weight excluding hydrogens is 300 g/mol. The minimum atomic E-state index is 0.0184. The van der Waals surface area contributed by atoms with Crippen LogP contribution in [0.1, 0.15) is 34.2 Å². The fourth-order valence-electron chi connectivity index (χ4n) is 3.03. The standard InChI is InChI=1S/C16H16N2O3S/c19-16(15-14-13(10-22-15)20-8-9-21-14)18-7-3-5-12(18)11-4-1-2-6-17-11/h1-2,4,6,10,12H,3,5,7-9H2/t12-/m0/s1. The molecule has 2 aromatic heterocycles. The highest BCUT2D eigenvalue weighted by molar-refractivity contribution is 7.12. The first-order valence-electron chi connectivity index (χ1n) is 7.43. The van der Waals surface area contributed by atoms with Crippen molar-refractivity contribution >= 4 is 17.2 Å². The van der Waals surface area contributed by atoms with Gasteiger partial charge in [-0.15, -0.1) is 11.3 Å². The van der Waals surface area contributed by atoms with Gasteiger partial charge in [0, 0.05) is 18.1 Å². The number of hydrogen-bond acceptors (Lipinski definition) is 5. The number of carbonyl (C=O) groups excluding carboxylic acids is 1. The predicted molar refractivity (Wildman–Crippen MR) is 82.6 cm³/mol. The van der Waals surface area contributed by atoms with Crippen molar-refractivity contribution < 1.29 is 14.3 Å². The van der Waals surface area contributed by atoms with Gasteiger partial charge in [0.15, 0.2) is 11.5 Å². The van der Waals surface area contributed by atoms with Crippen LogP contribution in [0.2, 0.25) is 0 Å². The van der Waals surface area contributed by atoms with E-state index in [4.69, 9.17) is 9.47 Å². The highest BCUT2D eigenvalue weighted by atomic mass is 32.1. The molecule has 0 unspecified atom stereocenters. The van der Waals surface area contributed by atoms with Crippen LogP contribution < -0.4 is 9.47 Å². The largest absolute Gasteiger partial charge is 0.485 e. The lowest BCUT2D eigenvalue weighted by Gasteiger charge is -2.24. The molecule has 1 amide bonds. The predicted octanol–water partition coefficient (Wildman–Crippen LogP) is 2.89. The second-order valence-corrected chi connectivity index (χ2v) is 6.25. The number of thiophene rings is 1. The van der Waals surface area contributed by atoms with Crippen LogP contribution in [-0.2, 0) is 0 Å². The number of pyridine rings is 1. The van der Waals surface area contributed by atoms with Gasteiger partial charge in [-0.3, -0.25) is 9.78 Å². The summed E-state index contributed by atoms with van der Waals surface area (Å²) in [5.41, 5.74) is 0.955. The maximum absolute atomic E-state index is 12.9. The summed E-state index contributed by atoms with van der Waals surface area (Å²) in [6, 6.07) is 5.90. The first-order valence-corrected chi connectivity index (χ1v) is 8.31. The van der Waals surface area contributed by atoms with Crippen LogP contribution in [0.3, 0.4) is 0 Å². The summed E-state index contributed by atoms with van der Waals surface area (Å²) in [7, 11) is 0. The number of amides is 1. The van der Waals surface area contributed by atoms with Crippen LogP contribution in [0.5, 0.6) is 11.5 Å². The van der Waals surface area contributed by atoms with E-state index in [2.05, 4.69) is 4.98 Å². The van der Waals surface area contributed by atoms with Gasteiger partial charge in [0.25, 0.3) is 5.91 Å². The number of carbonyl (C=O) groups is 1. The highest BCUT2D eigenvalue weighted by Gasteiger charge is 2.34. The maximum atomic E-state index is 12.9. The van der Waals surface area contributed by atoms with Crippen LogP contribution >= 0.6 is 11.3 Å². The molecule has 0 aliphatic carbocycles. The van der Waals surface area contributed by atoms with Gasteiger partial charge in [-0.25, -0.2) is 0 Å². The molecule has 0 saturated carbocycles. The Hall–Kier alpha value is -2.08.